The van der Waals surface area contributed by atoms with Gasteiger partial charge in [0.2, 0.25) is 0 Å². The van der Waals surface area contributed by atoms with Gasteiger partial charge in [0.1, 0.15) is 5.82 Å². The summed E-state index contributed by atoms with van der Waals surface area (Å²) in [5.41, 5.74) is 24.2. The van der Waals surface area contributed by atoms with Gasteiger partial charge in [-0.2, -0.15) is 0 Å². The summed E-state index contributed by atoms with van der Waals surface area (Å²) in [6.07, 6.45) is 5.94. The van der Waals surface area contributed by atoms with Gasteiger partial charge < -0.3 is 17.2 Å². The first-order valence-corrected chi connectivity index (χ1v) is 12.3. The molecule has 0 aliphatic heterocycles. The first kappa shape index (κ1) is 23.3. The van der Waals surface area contributed by atoms with Crippen LogP contribution < -0.4 is 22.1 Å². The Labute approximate surface area is 213 Å². The summed E-state index contributed by atoms with van der Waals surface area (Å²) in [4.78, 5) is 18.2. The zero-order valence-electron chi connectivity index (χ0n) is 19.5. The molecule has 5 aromatic rings. The molecule has 0 aliphatic rings. The van der Waals surface area contributed by atoms with Crippen LogP contribution in [-0.4, -0.2) is 11.0 Å². The molecule has 0 spiro atoms. The molecule has 0 saturated carbocycles. The molecule has 0 radical (unpaired) electrons. The van der Waals surface area contributed by atoms with Crippen LogP contribution in [0.5, 0.6) is 0 Å². The predicted molar refractivity (Wildman–Crippen MR) is 151 cm³/mol. The highest BCUT2D eigenvalue weighted by atomic mass is 32.1. The third-order valence-electron chi connectivity index (χ3n) is 5.97. The number of benzene rings is 3. The Morgan fingerprint density at radius 1 is 0.944 bits per heavy atom. The lowest BCUT2D eigenvalue weighted by Crippen LogP contribution is -2.31. The zero-order valence-corrected chi connectivity index (χ0v) is 20.3. The Bertz CT molecular complexity index is 1560. The predicted octanol–water partition coefficient (Wildman–Crippen LogP) is 6.39. The number of nitrogens with zero attached hydrogens (tertiary/aromatic N) is 2. The van der Waals surface area contributed by atoms with E-state index >= 15 is 0 Å². The van der Waals surface area contributed by atoms with Gasteiger partial charge in [-0.15, -0.1) is 11.3 Å². The van der Waals surface area contributed by atoms with Gasteiger partial charge in [-0.1, -0.05) is 66.7 Å². The maximum absolute atomic E-state index is 12.3. The van der Waals surface area contributed by atoms with Crippen LogP contribution in [-0.2, 0) is 6.54 Å². The lowest BCUT2D eigenvalue weighted by atomic mass is 10.0. The van der Waals surface area contributed by atoms with Crippen LogP contribution in [0.4, 0.5) is 22.0 Å². The number of thiophene rings is 1. The van der Waals surface area contributed by atoms with E-state index in [0.29, 0.717) is 23.7 Å². The van der Waals surface area contributed by atoms with Crippen molar-refractivity contribution in [3.05, 3.63) is 107 Å². The number of pyridine rings is 1. The minimum Gasteiger partial charge on any atom is -0.383 e. The Hall–Kier alpha value is -4.46. The first-order valence-electron chi connectivity index (χ1n) is 11.4. The molecule has 0 bridgehead atoms. The number of primary amides is 1. The molecule has 2 aromatic heterocycles. The number of carbonyl (C=O) groups excluding carboxylic acids is 1. The zero-order chi connectivity index (χ0) is 25.1. The van der Waals surface area contributed by atoms with E-state index in [0.717, 1.165) is 37.9 Å². The highest BCUT2D eigenvalue weighted by Crippen LogP contribution is 2.40. The molecule has 3 aromatic carbocycles. The number of carbonyl (C=O) groups is 1. The number of nitrogen functional groups attached to an aromatic ring is 1. The second-order valence-corrected chi connectivity index (χ2v) is 9.17. The van der Waals surface area contributed by atoms with Crippen molar-refractivity contribution in [2.45, 2.75) is 6.54 Å². The summed E-state index contributed by atoms with van der Waals surface area (Å²) < 4.78 is 1.08. The smallest absolute Gasteiger partial charge is 0.323 e. The monoisotopic (exact) mass is 491 g/mol. The van der Waals surface area contributed by atoms with Gasteiger partial charge in [0.05, 0.1) is 11.4 Å². The minimum atomic E-state index is -0.568. The van der Waals surface area contributed by atoms with Crippen molar-refractivity contribution in [1.29, 1.82) is 0 Å². The number of rotatable bonds is 6. The van der Waals surface area contributed by atoms with Crippen molar-refractivity contribution >= 4 is 56.8 Å². The van der Waals surface area contributed by atoms with Crippen molar-refractivity contribution in [3.63, 3.8) is 0 Å². The van der Waals surface area contributed by atoms with Crippen LogP contribution in [0.2, 0.25) is 0 Å². The molecule has 7 heteroatoms. The van der Waals surface area contributed by atoms with Gasteiger partial charge in [-0.05, 0) is 46.3 Å². The normalized spacial score (nSPS) is 11.2. The number of aromatic nitrogens is 1. The Balaban J connectivity index is 1.50. The summed E-state index contributed by atoms with van der Waals surface area (Å²) in [7, 11) is 0. The van der Waals surface area contributed by atoms with E-state index in [-0.39, 0.29) is 0 Å². The summed E-state index contributed by atoms with van der Waals surface area (Å²) >= 11 is 1.63. The fourth-order valence-corrected chi connectivity index (χ4v) is 5.26. The number of hydrogen-bond acceptors (Lipinski definition) is 5. The SMILES string of the molecule is NCc1cccc(N(C(N)=O)c2ccc(-c3csc4c(/C=C/c5ccccc5)cnc(N)c34)cc2)c1. The molecule has 0 unspecified atom stereocenters. The van der Waals surface area contributed by atoms with Crippen LogP contribution in [0, 0.1) is 0 Å². The van der Waals surface area contributed by atoms with E-state index in [4.69, 9.17) is 17.2 Å². The van der Waals surface area contributed by atoms with E-state index in [1.807, 2.05) is 66.7 Å². The molecule has 2 amide bonds. The number of amides is 2. The van der Waals surface area contributed by atoms with E-state index in [1.165, 1.54) is 4.90 Å². The second kappa shape index (κ2) is 10.0. The molecule has 36 heavy (non-hydrogen) atoms. The molecule has 178 valence electrons. The fraction of sp³-hybridized carbons (Fsp3) is 0.0345. The number of hydrogen-bond donors (Lipinski definition) is 3. The van der Waals surface area contributed by atoms with Gasteiger partial charge in [0.25, 0.3) is 0 Å². The van der Waals surface area contributed by atoms with E-state index in [9.17, 15) is 4.79 Å². The first-order chi connectivity index (χ1) is 17.5. The van der Waals surface area contributed by atoms with Crippen LogP contribution >= 0.6 is 11.3 Å². The summed E-state index contributed by atoms with van der Waals surface area (Å²) in [6.45, 7) is 0.378. The Morgan fingerprint density at radius 2 is 1.72 bits per heavy atom. The number of anilines is 3. The summed E-state index contributed by atoms with van der Waals surface area (Å²) in [5.74, 6) is 0.486. The summed E-state index contributed by atoms with van der Waals surface area (Å²) in [5, 5.41) is 3.01. The molecule has 0 fully saturated rings. The number of nitrogens with two attached hydrogens (primary N) is 3. The van der Waals surface area contributed by atoms with E-state index in [2.05, 4.69) is 34.6 Å². The van der Waals surface area contributed by atoms with Crippen LogP contribution in [0.15, 0.2) is 90.4 Å². The van der Waals surface area contributed by atoms with Gasteiger partial charge in [0.15, 0.2) is 0 Å². The number of fused-ring (bicyclic) bond motifs is 1. The molecule has 5 rings (SSSR count). The molecule has 2 heterocycles. The summed E-state index contributed by atoms with van der Waals surface area (Å²) in [6, 6.07) is 24.7. The fourth-order valence-electron chi connectivity index (χ4n) is 4.18. The number of urea groups is 1. The van der Waals surface area contributed by atoms with Crippen molar-refractivity contribution in [1.82, 2.24) is 4.98 Å². The van der Waals surface area contributed by atoms with Crippen molar-refractivity contribution in [2.75, 3.05) is 10.6 Å². The van der Waals surface area contributed by atoms with E-state index in [1.54, 1.807) is 17.5 Å². The largest absolute Gasteiger partial charge is 0.383 e. The highest BCUT2D eigenvalue weighted by Gasteiger charge is 2.17. The molecule has 6 N–H and O–H groups in total. The van der Waals surface area contributed by atoms with E-state index < -0.39 is 6.03 Å². The molecular weight excluding hydrogens is 466 g/mol. The average Bonchev–Trinajstić information content (AvgIpc) is 3.36. The topological polar surface area (TPSA) is 111 Å². The van der Waals surface area contributed by atoms with Gasteiger partial charge in [0, 0.05) is 34.0 Å². The van der Waals surface area contributed by atoms with Gasteiger partial charge in [-0.3, -0.25) is 4.90 Å². The van der Waals surface area contributed by atoms with Crippen molar-refractivity contribution in [2.24, 2.45) is 11.5 Å². The van der Waals surface area contributed by atoms with Crippen LogP contribution in [0.3, 0.4) is 0 Å². The highest BCUT2D eigenvalue weighted by molar-refractivity contribution is 7.18. The van der Waals surface area contributed by atoms with Crippen LogP contribution in [0.1, 0.15) is 16.7 Å². The molecule has 6 nitrogen and oxygen atoms in total. The maximum atomic E-state index is 12.3. The molecule has 0 aliphatic carbocycles. The lowest BCUT2D eigenvalue weighted by Gasteiger charge is -2.21. The Morgan fingerprint density at radius 3 is 2.44 bits per heavy atom. The molecule has 0 saturated heterocycles. The Kier molecular flexibility index (Phi) is 6.49. The maximum Gasteiger partial charge on any atom is 0.323 e. The quantitative estimate of drug-likeness (QED) is 0.255. The second-order valence-electron chi connectivity index (χ2n) is 8.29. The molecular formula is C29H25N5OS. The van der Waals surface area contributed by atoms with Gasteiger partial charge >= 0.3 is 6.03 Å². The standard InChI is InChI=1S/C29H25N5OS/c30-16-20-7-4-8-24(15-20)34(29(32)35)23-13-11-21(12-14-23)25-18-36-27-22(17-33-28(31)26(25)27)10-9-19-5-2-1-3-6-19/h1-15,17-18H,16,30H2,(H2,31,33)(H2,32,35)/b10-9+. The molecule has 0 atom stereocenters. The average molecular weight is 492 g/mol. The third-order valence-corrected chi connectivity index (χ3v) is 7.00. The van der Waals surface area contributed by atoms with Crippen LogP contribution in [0.25, 0.3) is 33.4 Å². The lowest BCUT2D eigenvalue weighted by molar-refractivity contribution is 0.256. The third kappa shape index (κ3) is 4.57. The van der Waals surface area contributed by atoms with Crippen molar-refractivity contribution in [3.8, 4) is 11.1 Å². The van der Waals surface area contributed by atoms with Gasteiger partial charge in [-0.25, -0.2) is 9.78 Å². The van der Waals surface area contributed by atoms with Crippen molar-refractivity contribution < 1.29 is 4.79 Å². The minimum absolute atomic E-state index is 0.378.